The summed E-state index contributed by atoms with van der Waals surface area (Å²) >= 11 is 0. The predicted octanol–water partition coefficient (Wildman–Crippen LogP) is 1.18. The summed E-state index contributed by atoms with van der Waals surface area (Å²) < 4.78 is 10.5. The first-order chi connectivity index (χ1) is 12.1. The minimum Gasteiger partial charge on any atom is -0.378 e. The van der Waals surface area contributed by atoms with Crippen LogP contribution >= 0.6 is 0 Å². The topological polar surface area (TPSA) is 97.6 Å². The highest BCUT2D eigenvalue weighted by Crippen LogP contribution is 2.27. The molecule has 0 aliphatic carbocycles. The van der Waals surface area contributed by atoms with Gasteiger partial charge in [-0.25, -0.2) is 4.79 Å². The Labute approximate surface area is 144 Å². The van der Waals surface area contributed by atoms with Gasteiger partial charge in [0.2, 0.25) is 5.89 Å². The third-order valence-electron chi connectivity index (χ3n) is 4.68. The standard InChI is InChI=1S/C17H18N4O4/c1-11-4-2-3-5-12(11)8-13-18-14(25-20-13)9-21-15(22)17(19-16(21)23)6-7-24-10-17/h2-5H,6-10H2,1H3,(H,19,23)/t17-/m0/s1. The van der Waals surface area contributed by atoms with Crippen LogP contribution in [0.1, 0.15) is 29.3 Å². The molecule has 1 N–H and O–H groups in total. The average molecular weight is 342 g/mol. The molecule has 2 saturated heterocycles. The second-order valence-corrected chi connectivity index (χ2v) is 6.41. The average Bonchev–Trinajstić information content (AvgIpc) is 3.28. The van der Waals surface area contributed by atoms with Crippen LogP contribution in [0.15, 0.2) is 28.8 Å². The van der Waals surface area contributed by atoms with Gasteiger partial charge in [-0.05, 0) is 18.1 Å². The summed E-state index contributed by atoms with van der Waals surface area (Å²) in [6, 6.07) is 7.51. The van der Waals surface area contributed by atoms with Crippen molar-refractivity contribution < 1.29 is 18.8 Å². The van der Waals surface area contributed by atoms with Crippen LogP contribution in [0.25, 0.3) is 0 Å². The second kappa shape index (κ2) is 5.96. The predicted molar refractivity (Wildman–Crippen MR) is 85.5 cm³/mol. The van der Waals surface area contributed by atoms with E-state index in [2.05, 4.69) is 15.5 Å². The van der Waals surface area contributed by atoms with Gasteiger partial charge in [-0.1, -0.05) is 29.4 Å². The van der Waals surface area contributed by atoms with Crippen LogP contribution in [0, 0.1) is 6.92 Å². The number of aromatic nitrogens is 2. The monoisotopic (exact) mass is 342 g/mol. The van der Waals surface area contributed by atoms with Crippen LogP contribution in [0.3, 0.4) is 0 Å². The molecule has 0 bridgehead atoms. The van der Waals surface area contributed by atoms with Gasteiger partial charge in [0.1, 0.15) is 12.1 Å². The number of nitrogens with one attached hydrogen (secondary N) is 1. The maximum Gasteiger partial charge on any atom is 0.325 e. The van der Waals surface area contributed by atoms with Crippen LogP contribution in [0.5, 0.6) is 0 Å². The quantitative estimate of drug-likeness (QED) is 0.838. The number of urea groups is 1. The molecule has 2 aromatic rings. The van der Waals surface area contributed by atoms with Crippen molar-refractivity contribution >= 4 is 11.9 Å². The number of imide groups is 1. The van der Waals surface area contributed by atoms with E-state index in [9.17, 15) is 9.59 Å². The normalized spacial score (nSPS) is 22.8. The van der Waals surface area contributed by atoms with Crippen LogP contribution in [-0.2, 0) is 22.5 Å². The van der Waals surface area contributed by atoms with Gasteiger partial charge in [0.05, 0.1) is 6.61 Å². The fourth-order valence-electron chi connectivity index (χ4n) is 3.19. The third kappa shape index (κ3) is 2.78. The minimum atomic E-state index is -0.929. The van der Waals surface area contributed by atoms with Crippen molar-refractivity contribution in [3.05, 3.63) is 47.1 Å². The lowest BCUT2D eigenvalue weighted by atomic mass is 9.99. The maximum atomic E-state index is 12.6. The molecule has 8 nitrogen and oxygen atoms in total. The van der Waals surface area contributed by atoms with Crippen molar-refractivity contribution in [1.29, 1.82) is 0 Å². The summed E-state index contributed by atoms with van der Waals surface area (Å²) in [5.74, 6) is 0.465. The Hall–Kier alpha value is -2.74. The van der Waals surface area contributed by atoms with Gasteiger partial charge in [-0.3, -0.25) is 9.69 Å². The highest BCUT2D eigenvalue weighted by atomic mass is 16.5. The van der Waals surface area contributed by atoms with Crippen LogP contribution in [-0.4, -0.2) is 45.7 Å². The Morgan fingerprint density at radius 2 is 2.16 bits per heavy atom. The summed E-state index contributed by atoms with van der Waals surface area (Å²) in [4.78, 5) is 30.1. The molecule has 2 aliphatic rings. The van der Waals surface area contributed by atoms with Gasteiger partial charge in [0.25, 0.3) is 5.91 Å². The molecule has 130 valence electrons. The lowest BCUT2D eigenvalue weighted by Crippen LogP contribution is -2.47. The molecule has 0 unspecified atom stereocenters. The van der Waals surface area contributed by atoms with E-state index >= 15 is 0 Å². The number of hydrogen-bond acceptors (Lipinski definition) is 6. The summed E-state index contributed by atoms with van der Waals surface area (Å²) in [6.45, 7) is 2.65. The van der Waals surface area contributed by atoms with Gasteiger partial charge in [-0.15, -0.1) is 0 Å². The maximum absolute atomic E-state index is 12.6. The Morgan fingerprint density at radius 1 is 1.32 bits per heavy atom. The van der Waals surface area contributed by atoms with Crippen LogP contribution < -0.4 is 5.32 Å². The Balaban J connectivity index is 1.47. The van der Waals surface area contributed by atoms with E-state index in [1.807, 2.05) is 31.2 Å². The van der Waals surface area contributed by atoms with E-state index < -0.39 is 11.6 Å². The first kappa shape index (κ1) is 15.8. The molecule has 3 heterocycles. The molecule has 0 radical (unpaired) electrons. The van der Waals surface area contributed by atoms with Gasteiger partial charge in [0, 0.05) is 19.4 Å². The number of benzene rings is 1. The molecule has 1 atom stereocenters. The Kier molecular flexibility index (Phi) is 3.76. The SMILES string of the molecule is Cc1ccccc1Cc1noc(CN2C(=O)N[C@]3(CCOC3)C2=O)n1. The lowest BCUT2D eigenvalue weighted by Gasteiger charge is -2.17. The van der Waals surface area contributed by atoms with Gasteiger partial charge >= 0.3 is 6.03 Å². The number of aryl methyl sites for hydroxylation is 1. The molecule has 4 rings (SSSR count). The molecule has 1 spiro atoms. The van der Waals surface area contributed by atoms with Crippen molar-refractivity contribution in [3.8, 4) is 0 Å². The number of rotatable bonds is 4. The summed E-state index contributed by atoms with van der Waals surface area (Å²) in [5, 5.41) is 6.68. The van der Waals surface area contributed by atoms with E-state index in [4.69, 9.17) is 9.26 Å². The molecule has 25 heavy (non-hydrogen) atoms. The van der Waals surface area contributed by atoms with E-state index in [0.29, 0.717) is 25.3 Å². The number of ether oxygens (including phenoxy) is 1. The third-order valence-corrected chi connectivity index (χ3v) is 4.68. The lowest BCUT2D eigenvalue weighted by molar-refractivity contribution is -0.131. The molecule has 1 aromatic carbocycles. The largest absolute Gasteiger partial charge is 0.378 e. The number of carbonyl (C=O) groups excluding carboxylic acids is 2. The molecule has 0 saturated carbocycles. The minimum absolute atomic E-state index is 0.0345. The van der Waals surface area contributed by atoms with Crippen molar-refractivity contribution in [2.45, 2.75) is 31.8 Å². The first-order valence-electron chi connectivity index (χ1n) is 8.15. The number of amides is 3. The molecule has 8 heteroatoms. The van der Waals surface area contributed by atoms with Crippen molar-refractivity contribution in [3.63, 3.8) is 0 Å². The molecular formula is C17H18N4O4. The first-order valence-corrected chi connectivity index (χ1v) is 8.15. The number of nitrogens with zero attached hydrogens (tertiary/aromatic N) is 3. The van der Waals surface area contributed by atoms with Crippen molar-refractivity contribution in [2.75, 3.05) is 13.2 Å². The smallest absolute Gasteiger partial charge is 0.325 e. The van der Waals surface area contributed by atoms with Crippen molar-refractivity contribution in [2.24, 2.45) is 0 Å². The zero-order chi connectivity index (χ0) is 17.4. The van der Waals surface area contributed by atoms with E-state index in [-0.39, 0.29) is 24.9 Å². The van der Waals surface area contributed by atoms with Crippen LogP contribution in [0.2, 0.25) is 0 Å². The van der Waals surface area contributed by atoms with E-state index in [1.165, 1.54) is 0 Å². The van der Waals surface area contributed by atoms with Crippen molar-refractivity contribution in [1.82, 2.24) is 20.4 Å². The summed E-state index contributed by atoms with van der Waals surface area (Å²) in [7, 11) is 0. The highest BCUT2D eigenvalue weighted by Gasteiger charge is 2.53. The zero-order valence-electron chi connectivity index (χ0n) is 13.8. The Morgan fingerprint density at radius 3 is 2.92 bits per heavy atom. The van der Waals surface area contributed by atoms with Gasteiger partial charge in [-0.2, -0.15) is 4.98 Å². The fourth-order valence-corrected chi connectivity index (χ4v) is 3.19. The van der Waals surface area contributed by atoms with Gasteiger partial charge < -0.3 is 14.6 Å². The molecule has 2 aliphatic heterocycles. The number of carbonyl (C=O) groups is 2. The molecule has 1 aromatic heterocycles. The second-order valence-electron chi connectivity index (χ2n) is 6.41. The number of hydrogen-bond donors (Lipinski definition) is 1. The molecular weight excluding hydrogens is 324 g/mol. The fraction of sp³-hybridized carbons (Fsp3) is 0.412. The summed E-state index contributed by atoms with van der Waals surface area (Å²) in [6.07, 6.45) is 1.02. The highest BCUT2D eigenvalue weighted by molar-refractivity contribution is 6.07. The Bertz CT molecular complexity index is 826. The molecule has 3 amide bonds. The zero-order valence-corrected chi connectivity index (χ0v) is 13.8. The molecule has 2 fully saturated rings. The van der Waals surface area contributed by atoms with Gasteiger partial charge in [0.15, 0.2) is 5.82 Å². The van der Waals surface area contributed by atoms with E-state index in [1.54, 1.807) is 0 Å². The van der Waals surface area contributed by atoms with Crippen LogP contribution in [0.4, 0.5) is 4.79 Å². The summed E-state index contributed by atoms with van der Waals surface area (Å²) in [5.41, 5.74) is 1.32. The van der Waals surface area contributed by atoms with E-state index in [0.717, 1.165) is 16.0 Å².